The molecule has 2 amide bonds. The molecule has 22 nitrogen and oxygen atoms in total. The molecule has 3 saturated heterocycles. The van der Waals surface area contributed by atoms with Gasteiger partial charge in [0, 0.05) is 13.8 Å². The van der Waals surface area contributed by atoms with E-state index in [9.17, 15) is 70.9 Å². The van der Waals surface area contributed by atoms with E-state index in [2.05, 4.69) is 10.6 Å². The number of carbonyl (C=O) groups excluding carboxylic acids is 2. The van der Waals surface area contributed by atoms with Crippen molar-refractivity contribution in [3.63, 3.8) is 0 Å². The van der Waals surface area contributed by atoms with Crippen LogP contribution in [0.25, 0.3) is 0 Å². The maximum Gasteiger partial charge on any atom is 0.217 e. The Kier molecular flexibility index (Phi) is 16.0. The number of nitrogens with one attached hydrogen (secondary N) is 2. The molecule has 19 atom stereocenters. The van der Waals surface area contributed by atoms with Crippen LogP contribution in [0, 0.1) is 0 Å². The molecule has 14 N–H and O–H groups in total. The van der Waals surface area contributed by atoms with Crippen molar-refractivity contribution in [3.8, 4) is 0 Å². The third kappa shape index (κ3) is 10.00. The van der Waals surface area contributed by atoms with Crippen molar-refractivity contribution in [1.29, 1.82) is 0 Å². The van der Waals surface area contributed by atoms with E-state index < -0.39 is 155 Å². The highest BCUT2D eigenvalue weighted by Gasteiger charge is 2.55. The molecule has 50 heavy (non-hydrogen) atoms. The van der Waals surface area contributed by atoms with Crippen molar-refractivity contribution in [3.05, 3.63) is 0 Å². The number of hydrogen-bond acceptors (Lipinski definition) is 20. The quantitative estimate of drug-likeness (QED) is 0.0742. The fourth-order valence-corrected chi connectivity index (χ4v) is 5.78. The fraction of sp³-hybridized carbons (Fsp3) is 0.929. The van der Waals surface area contributed by atoms with Gasteiger partial charge in [-0.2, -0.15) is 0 Å². The first-order chi connectivity index (χ1) is 23.5. The summed E-state index contributed by atoms with van der Waals surface area (Å²) in [6.07, 6.45) is -29.5. The van der Waals surface area contributed by atoms with Crippen LogP contribution in [-0.2, 0) is 38.0 Å². The van der Waals surface area contributed by atoms with Crippen molar-refractivity contribution >= 4 is 11.8 Å². The summed E-state index contributed by atoms with van der Waals surface area (Å²) in [6, 6.07) is -2.94. The second-order valence-corrected chi connectivity index (χ2v) is 12.4. The molecule has 3 rings (SSSR count). The highest BCUT2D eigenvalue weighted by molar-refractivity contribution is 5.73. The van der Waals surface area contributed by atoms with Gasteiger partial charge in [0.15, 0.2) is 18.9 Å². The molecule has 0 aliphatic carbocycles. The monoisotopic (exact) mass is 734 g/mol. The summed E-state index contributed by atoms with van der Waals surface area (Å²) in [5.74, 6) is -1.40. The second kappa shape index (κ2) is 18.8. The highest BCUT2D eigenvalue weighted by atomic mass is 16.8. The molecule has 0 aromatic carbocycles. The summed E-state index contributed by atoms with van der Waals surface area (Å²) in [7, 11) is 0. The Morgan fingerprint density at radius 3 is 1.76 bits per heavy atom. The summed E-state index contributed by atoms with van der Waals surface area (Å²) in [4.78, 5) is 23.8. The van der Waals surface area contributed by atoms with Gasteiger partial charge in [-0.25, -0.2) is 0 Å². The Hall–Kier alpha value is -1.78. The minimum atomic E-state index is -2.02. The molecule has 292 valence electrons. The van der Waals surface area contributed by atoms with Crippen LogP contribution in [0.4, 0.5) is 0 Å². The van der Waals surface area contributed by atoms with Crippen LogP contribution >= 0.6 is 0 Å². The van der Waals surface area contributed by atoms with Crippen LogP contribution < -0.4 is 10.6 Å². The maximum absolute atomic E-state index is 12.4. The SMILES string of the molecule is CC(=O)N[C@H]1[C@H](OC[C@@H](O)[C@H](O)[C@H](O)[C@H](CO)NC(C)=O)O[C@H](CO)[C@@H](O[C@@H]2O[C@H](CO)[C@H](O)[C@H](O)[C@H]2O)[C@@H]1O[C@@H]1O[C@@H](C)[C@@H](O)[C@@H](O)[C@@H]1O. The van der Waals surface area contributed by atoms with E-state index in [1.54, 1.807) is 0 Å². The van der Waals surface area contributed by atoms with Gasteiger partial charge in [0.05, 0.1) is 38.6 Å². The molecular formula is C28H50N2O20. The highest BCUT2D eigenvalue weighted by Crippen LogP contribution is 2.34. The summed E-state index contributed by atoms with van der Waals surface area (Å²) in [6.45, 7) is 0.101. The number of rotatable bonds is 15. The van der Waals surface area contributed by atoms with Gasteiger partial charge in [-0.15, -0.1) is 0 Å². The van der Waals surface area contributed by atoms with Crippen molar-refractivity contribution in [2.24, 2.45) is 0 Å². The number of aliphatic hydroxyl groups excluding tert-OH is 12. The topological polar surface area (TPSA) is 356 Å². The summed E-state index contributed by atoms with van der Waals surface area (Å²) in [5, 5.41) is 128. The van der Waals surface area contributed by atoms with Gasteiger partial charge in [-0.3, -0.25) is 9.59 Å². The maximum atomic E-state index is 12.4. The van der Waals surface area contributed by atoms with Crippen LogP contribution in [0.15, 0.2) is 0 Å². The first-order valence-corrected chi connectivity index (χ1v) is 15.8. The smallest absolute Gasteiger partial charge is 0.217 e. The Morgan fingerprint density at radius 1 is 0.680 bits per heavy atom. The molecule has 3 aliphatic rings. The zero-order valence-corrected chi connectivity index (χ0v) is 27.4. The Labute approximate surface area is 285 Å². The van der Waals surface area contributed by atoms with Crippen LogP contribution in [0.3, 0.4) is 0 Å². The molecule has 0 spiro atoms. The minimum absolute atomic E-state index is 0.653. The van der Waals surface area contributed by atoms with E-state index in [1.807, 2.05) is 0 Å². The molecule has 3 fully saturated rings. The number of aliphatic hydroxyl groups is 12. The molecule has 0 aromatic rings. The lowest BCUT2D eigenvalue weighted by molar-refractivity contribution is -0.374. The lowest BCUT2D eigenvalue weighted by Gasteiger charge is -2.50. The standard InChI is InChI=1S/C28H50N2O20/c1-8-16(37)20(41)22(43)27(46-8)50-25-15(30-10(3)35)26(45-7-12(36)18(39)17(38)11(4-31)29-9(2)34)48-14(6-33)24(25)49-28-23(44)21(42)19(40)13(5-32)47-28/h8,11-28,31-33,36-44H,4-7H2,1-3H3,(H,29,34)(H,30,35)/t8-,11-,12+,13+,14+,15+,16+,17+,18-,19-,20+,21-,22-,23+,24+,25+,26+,27-,28-/m0/s1. The molecular weight excluding hydrogens is 684 g/mol. The van der Waals surface area contributed by atoms with Crippen LogP contribution in [-0.4, -0.2) is 216 Å². The number of carbonyl (C=O) groups is 2. The van der Waals surface area contributed by atoms with Crippen molar-refractivity contribution in [1.82, 2.24) is 10.6 Å². The van der Waals surface area contributed by atoms with Gasteiger partial charge in [-0.1, -0.05) is 0 Å². The number of ether oxygens (including phenoxy) is 6. The molecule has 3 aliphatic heterocycles. The van der Waals surface area contributed by atoms with Crippen molar-refractivity contribution < 1.29 is 99.3 Å². The predicted molar refractivity (Wildman–Crippen MR) is 158 cm³/mol. The normalized spacial score (nSPS) is 41.9. The number of hydrogen-bond donors (Lipinski definition) is 14. The van der Waals surface area contributed by atoms with E-state index in [0.717, 1.165) is 13.8 Å². The first kappa shape index (κ1) is 42.6. The van der Waals surface area contributed by atoms with E-state index in [0.29, 0.717) is 0 Å². The predicted octanol–water partition coefficient (Wildman–Crippen LogP) is -8.80. The average molecular weight is 735 g/mol. The molecule has 0 unspecified atom stereocenters. The van der Waals surface area contributed by atoms with Gasteiger partial charge >= 0.3 is 0 Å². The van der Waals surface area contributed by atoms with Gasteiger partial charge in [-0.05, 0) is 6.92 Å². The zero-order valence-electron chi connectivity index (χ0n) is 27.4. The molecule has 0 aromatic heterocycles. The van der Waals surface area contributed by atoms with Crippen molar-refractivity contribution in [2.45, 2.75) is 137 Å². The van der Waals surface area contributed by atoms with Crippen LogP contribution in [0.1, 0.15) is 20.8 Å². The van der Waals surface area contributed by atoms with Gasteiger partial charge in [0.2, 0.25) is 11.8 Å². The van der Waals surface area contributed by atoms with Gasteiger partial charge in [0.1, 0.15) is 85.4 Å². The zero-order chi connectivity index (χ0) is 37.6. The largest absolute Gasteiger partial charge is 0.394 e. The van der Waals surface area contributed by atoms with Crippen molar-refractivity contribution in [2.75, 3.05) is 26.4 Å². The Morgan fingerprint density at radius 2 is 1.22 bits per heavy atom. The average Bonchev–Trinajstić information content (AvgIpc) is 3.08. The van der Waals surface area contributed by atoms with E-state index in [4.69, 9.17) is 28.4 Å². The summed E-state index contributed by atoms with van der Waals surface area (Å²) >= 11 is 0. The third-order valence-corrected chi connectivity index (χ3v) is 8.61. The molecule has 0 radical (unpaired) electrons. The Bertz CT molecular complexity index is 1080. The van der Waals surface area contributed by atoms with Crippen LogP contribution in [0.2, 0.25) is 0 Å². The number of amides is 2. The molecule has 3 heterocycles. The molecule has 0 saturated carbocycles. The lowest BCUT2D eigenvalue weighted by Crippen LogP contribution is -2.70. The van der Waals surface area contributed by atoms with E-state index >= 15 is 0 Å². The van der Waals surface area contributed by atoms with E-state index in [1.165, 1.54) is 6.92 Å². The third-order valence-electron chi connectivity index (χ3n) is 8.61. The first-order valence-electron chi connectivity index (χ1n) is 15.8. The van der Waals surface area contributed by atoms with Crippen LogP contribution in [0.5, 0.6) is 0 Å². The fourth-order valence-electron chi connectivity index (χ4n) is 5.78. The second-order valence-electron chi connectivity index (χ2n) is 12.4. The summed E-state index contributed by atoms with van der Waals surface area (Å²) in [5.41, 5.74) is 0. The van der Waals surface area contributed by atoms with E-state index in [-0.39, 0.29) is 0 Å². The van der Waals surface area contributed by atoms with Gasteiger partial charge < -0.3 is 100 Å². The minimum Gasteiger partial charge on any atom is -0.394 e. The summed E-state index contributed by atoms with van der Waals surface area (Å²) < 4.78 is 34.3. The lowest BCUT2D eigenvalue weighted by atomic mass is 9.94. The molecule has 22 heteroatoms. The molecule has 0 bridgehead atoms. The Balaban J connectivity index is 1.95. The van der Waals surface area contributed by atoms with Gasteiger partial charge in [0.25, 0.3) is 0 Å².